The standard InChI is InChI=1S/C16H26N2O3/c1-4-9-21-14-8-7-12(15(17)16(19)20)10-13(14)11-18(5-2)6-3/h7-8,10,15H,4-6,9,11,17H2,1-3H3,(H,19,20)/t15-/m0/s1. The van der Waals surface area contributed by atoms with E-state index >= 15 is 0 Å². The van der Waals surface area contributed by atoms with E-state index < -0.39 is 12.0 Å². The molecular weight excluding hydrogens is 268 g/mol. The fourth-order valence-corrected chi connectivity index (χ4v) is 2.10. The van der Waals surface area contributed by atoms with Crippen LogP contribution in [-0.2, 0) is 11.3 Å². The zero-order valence-electron chi connectivity index (χ0n) is 13.1. The number of ether oxygens (including phenoxy) is 1. The summed E-state index contributed by atoms with van der Waals surface area (Å²) < 4.78 is 5.76. The molecule has 1 atom stereocenters. The van der Waals surface area contributed by atoms with E-state index in [4.69, 9.17) is 15.6 Å². The number of carbonyl (C=O) groups is 1. The molecule has 3 N–H and O–H groups in total. The van der Waals surface area contributed by atoms with Crippen LogP contribution in [0.15, 0.2) is 18.2 Å². The third-order valence-electron chi connectivity index (χ3n) is 3.46. The van der Waals surface area contributed by atoms with E-state index in [9.17, 15) is 4.79 Å². The Hall–Kier alpha value is -1.59. The van der Waals surface area contributed by atoms with Crippen molar-refractivity contribution in [3.05, 3.63) is 29.3 Å². The number of benzene rings is 1. The molecule has 1 rings (SSSR count). The lowest BCUT2D eigenvalue weighted by atomic mass is 10.0. The first kappa shape index (κ1) is 17.5. The van der Waals surface area contributed by atoms with Crippen molar-refractivity contribution >= 4 is 5.97 Å². The van der Waals surface area contributed by atoms with Crippen molar-refractivity contribution in [2.45, 2.75) is 39.8 Å². The molecule has 0 spiro atoms. The van der Waals surface area contributed by atoms with Crippen molar-refractivity contribution in [1.82, 2.24) is 4.90 Å². The van der Waals surface area contributed by atoms with Crippen molar-refractivity contribution in [3.8, 4) is 5.75 Å². The number of hydrogen-bond donors (Lipinski definition) is 2. The number of rotatable bonds is 9. The Morgan fingerprint density at radius 3 is 2.52 bits per heavy atom. The van der Waals surface area contributed by atoms with Gasteiger partial charge in [-0.15, -0.1) is 0 Å². The fourth-order valence-electron chi connectivity index (χ4n) is 2.10. The number of aliphatic carboxylic acids is 1. The molecule has 0 aliphatic carbocycles. The van der Waals surface area contributed by atoms with Crippen LogP contribution in [0.4, 0.5) is 0 Å². The largest absolute Gasteiger partial charge is 0.493 e. The Bertz CT molecular complexity index is 459. The van der Waals surface area contributed by atoms with Gasteiger partial charge in [0.1, 0.15) is 11.8 Å². The monoisotopic (exact) mass is 294 g/mol. The maximum Gasteiger partial charge on any atom is 0.325 e. The highest BCUT2D eigenvalue weighted by Gasteiger charge is 2.17. The molecule has 21 heavy (non-hydrogen) atoms. The molecule has 1 aromatic carbocycles. The van der Waals surface area contributed by atoms with Crippen LogP contribution in [-0.4, -0.2) is 35.7 Å². The Labute approximate surface area is 126 Å². The molecule has 0 heterocycles. The van der Waals surface area contributed by atoms with Gasteiger partial charge in [0, 0.05) is 12.1 Å². The number of carboxylic acid groups (broad SMARTS) is 1. The van der Waals surface area contributed by atoms with Gasteiger partial charge in [-0.25, -0.2) is 0 Å². The first-order chi connectivity index (χ1) is 10.0. The van der Waals surface area contributed by atoms with Crippen molar-refractivity contribution in [3.63, 3.8) is 0 Å². The lowest BCUT2D eigenvalue weighted by Gasteiger charge is -2.21. The molecule has 5 nitrogen and oxygen atoms in total. The van der Waals surface area contributed by atoms with Gasteiger partial charge in [-0.3, -0.25) is 9.69 Å². The van der Waals surface area contributed by atoms with Crippen LogP contribution >= 0.6 is 0 Å². The summed E-state index contributed by atoms with van der Waals surface area (Å²) in [6, 6.07) is 4.41. The maximum absolute atomic E-state index is 11.0. The molecule has 0 unspecified atom stereocenters. The first-order valence-electron chi connectivity index (χ1n) is 7.49. The summed E-state index contributed by atoms with van der Waals surface area (Å²) in [5.41, 5.74) is 7.29. The molecule has 1 aromatic rings. The van der Waals surface area contributed by atoms with E-state index in [1.165, 1.54) is 0 Å². The Morgan fingerprint density at radius 1 is 1.33 bits per heavy atom. The second-order valence-electron chi connectivity index (χ2n) is 4.99. The van der Waals surface area contributed by atoms with Gasteiger partial charge in [-0.05, 0) is 37.2 Å². The second kappa shape index (κ2) is 8.64. The first-order valence-corrected chi connectivity index (χ1v) is 7.49. The zero-order valence-corrected chi connectivity index (χ0v) is 13.1. The summed E-state index contributed by atoms with van der Waals surface area (Å²) in [4.78, 5) is 13.3. The highest BCUT2D eigenvalue weighted by atomic mass is 16.5. The van der Waals surface area contributed by atoms with E-state index in [-0.39, 0.29) is 0 Å². The summed E-state index contributed by atoms with van der Waals surface area (Å²) >= 11 is 0. The number of hydrogen-bond acceptors (Lipinski definition) is 4. The average molecular weight is 294 g/mol. The zero-order chi connectivity index (χ0) is 15.8. The third-order valence-corrected chi connectivity index (χ3v) is 3.46. The quantitative estimate of drug-likeness (QED) is 0.731. The van der Waals surface area contributed by atoms with E-state index in [0.717, 1.165) is 37.4 Å². The van der Waals surface area contributed by atoms with Crippen molar-refractivity contribution < 1.29 is 14.6 Å². The van der Waals surface area contributed by atoms with Crippen LogP contribution in [0.2, 0.25) is 0 Å². The topological polar surface area (TPSA) is 75.8 Å². The Morgan fingerprint density at radius 2 is 2.00 bits per heavy atom. The normalized spacial score (nSPS) is 12.4. The molecule has 0 aliphatic rings. The molecule has 0 radical (unpaired) electrons. The molecule has 0 saturated carbocycles. The molecular formula is C16H26N2O3. The van der Waals surface area contributed by atoms with Crippen molar-refractivity contribution in [2.24, 2.45) is 5.73 Å². The maximum atomic E-state index is 11.0. The molecule has 0 fully saturated rings. The average Bonchev–Trinajstić information content (AvgIpc) is 2.50. The van der Waals surface area contributed by atoms with Crippen LogP contribution in [0.25, 0.3) is 0 Å². The number of nitrogens with two attached hydrogens (primary N) is 1. The van der Waals surface area contributed by atoms with Crippen LogP contribution < -0.4 is 10.5 Å². The van der Waals surface area contributed by atoms with Gasteiger partial charge in [-0.1, -0.05) is 26.8 Å². The van der Waals surface area contributed by atoms with Gasteiger partial charge in [0.2, 0.25) is 0 Å². The van der Waals surface area contributed by atoms with Gasteiger partial charge < -0.3 is 15.6 Å². The molecule has 118 valence electrons. The van der Waals surface area contributed by atoms with Crippen LogP contribution in [0.3, 0.4) is 0 Å². The SMILES string of the molecule is CCCOc1ccc([C@H](N)C(=O)O)cc1CN(CC)CC. The predicted molar refractivity (Wildman–Crippen MR) is 83.4 cm³/mol. The molecule has 0 amide bonds. The van der Waals surface area contributed by atoms with Crippen LogP contribution in [0.5, 0.6) is 5.75 Å². The highest BCUT2D eigenvalue weighted by Crippen LogP contribution is 2.25. The molecule has 0 aromatic heterocycles. The van der Waals surface area contributed by atoms with E-state index in [1.807, 2.05) is 12.1 Å². The molecule has 0 bridgehead atoms. The Kier molecular flexibility index (Phi) is 7.19. The minimum Gasteiger partial charge on any atom is -0.493 e. The highest BCUT2D eigenvalue weighted by molar-refractivity contribution is 5.75. The number of carboxylic acids is 1. The fraction of sp³-hybridized carbons (Fsp3) is 0.562. The van der Waals surface area contributed by atoms with Crippen LogP contribution in [0, 0.1) is 0 Å². The van der Waals surface area contributed by atoms with Gasteiger partial charge in [0.05, 0.1) is 6.61 Å². The minimum absolute atomic E-state index is 0.605. The number of nitrogens with zero attached hydrogens (tertiary/aromatic N) is 1. The lowest BCUT2D eigenvalue weighted by molar-refractivity contribution is -0.138. The molecule has 0 saturated heterocycles. The van der Waals surface area contributed by atoms with E-state index in [2.05, 4.69) is 25.7 Å². The van der Waals surface area contributed by atoms with Gasteiger partial charge in [-0.2, -0.15) is 0 Å². The Balaban J connectivity index is 3.06. The second-order valence-corrected chi connectivity index (χ2v) is 4.99. The van der Waals surface area contributed by atoms with Gasteiger partial charge in [0.15, 0.2) is 0 Å². The summed E-state index contributed by atoms with van der Waals surface area (Å²) in [6.45, 7) is 9.49. The lowest BCUT2D eigenvalue weighted by Crippen LogP contribution is -2.24. The van der Waals surface area contributed by atoms with Gasteiger partial charge >= 0.3 is 5.97 Å². The molecule has 0 aliphatic heterocycles. The van der Waals surface area contributed by atoms with Crippen molar-refractivity contribution in [1.29, 1.82) is 0 Å². The summed E-state index contributed by atoms with van der Waals surface area (Å²) in [6.07, 6.45) is 0.932. The summed E-state index contributed by atoms with van der Waals surface area (Å²) in [7, 11) is 0. The van der Waals surface area contributed by atoms with E-state index in [0.29, 0.717) is 12.2 Å². The van der Waals surface area contributed by atoms with Crippen LogP contribution in [0.1, 0.15) is 44.4 Å². The minimum atomic E-state index is -1.02. The smallest absolute Gasteiger partial charge is 0.325 e. The predicted octanol–water partition coefficient (Wildman–Crippen LogP) is 2.40. The summed E-state index contributed by atoms with van der Waals surface area (Å²) in [5, 5.41) is 9.04. The third kappa shape index (κ3) is 5.02. The summed E-state index contributed by atoms with van der Waals surface area (Å²) in [5.74, 6) is -0.212. The van der Waals surface area contributed by atoms with E-state index in [1.54, 1.807) is 6.07 Å². The molecule has 5 heteroatoms. The van der Waals surface area contributed by atoms with Gasteiger partial charge in [0.25, 0.3) is 0 Å². The van der Waals surface area contributed by atoms with Crippen molar-refractivity contribution in [2.75, 3.05) is 19.7 Å².